The van der Waals surface area contributed by atoms with E-state index in [1.54, 1.807) is 0 Å². The van der Waals surface area contributed by atoms with E-state index in [1.807, 2.05) is 49.1 Å². The van der Waals surface area contributed by atoms with Gasteiger partial charge in [-0.1, -0.05) is 51.1 Å². The molecule has 0 bridgehead atoms. The smallest absolute Gasteiger partial charge is 0.321 e. The Hall–Kier alpha value is -2.07. The first-order chi connectivity index (χ1) is 11.3. The van der Waals surface area contributed by atoms with Gasteiger partial charge in [-0.15, -0.1) is 0 Å². The number of fused-ring (bicyclic) bond motifs is 1. The van der Waals surface area contributed by atoms with Crippen LogP contribution in [-0.4, -0.2) is 48.6 Å². The second-order valence-electron chi connectivity index (χ2n) is 5.41. The zero-order valence-electron chi connectivity index (χ0n) is 14.4. The van der Waals surface area contributed by atoms with Crippen LogP contribution < -0.4 is 5.32 Å². The van der Waals surface area contributed by atoms with E-state index < -0.39 is 0 Å². The number of piperazine rings is 1. The molecule has 2 amide bonds. The molecule has 0 radical (unpaired) electrons. The van der Waals surface area contributed by atoms with Crippen LogP contribution in [0.2, 0.25) is 0 Å². The van der Waals surface area contributed by atoms with E-state index in [9.17, 15) is 4.79 Å². The number of urea groups is 1. The first-order valence-corrected chi connectivity index (χ1v) is 8.53. The van der Waals surface area contributed by atoms with E-state index in [1.165, 1.54) is 5.39 Å². The molecule has 0 aromatic heterocycles. The van der Waals surface area contributed by atoms with E-state index in [0.717, 1.165) is 43.8 Å². The van der Waals surface area contributed by atoms with Crippen molar-refractivity contribution in [3.8, 4) is 0 Å². The van der Waals surface area contributed by atoms with E-state index >= 15 is 0 Å². The van der Waals surface area contributed by atoms with Gasteiger partial charge >= 0.3 is 6.03 Å². The van der Waals surface area contributed by atoms with Crippen LogP contribution in [0.15, 0.2) is 42.5 Å². The van der Waals surface area contributed by atoms with Gasteiger partial charge in [-0.25, -0.2) is 4.79 Å². The third kappa shape index (κ3) is 4.45. The van der Waals surface area contributed by atoms with Crippen molar-refractivity contribution in [2.24, 2.45) is 0 Å². The summed E-state index contributed by atoms with van der Waals surface area (Å²) in [6.07, 6.45) is 0. The van der Waals surface area contributed by atoms with Gasteiger partial charge in [-0.05, 0) is 29.4 Å². The van der Waals surface area contributed by atoms with Crippen LogP contribution in [0.25, 0.3) is 10.8 Å². The Kier molecular flexibility index (Phi) is 6.41. The minimum absolute atomic E-state index is 0. The molecule has 23 heavy (non-hydrogen) atoms. The number of carbonyl (C=O) groups excluding carboxylic acids is 1. The molecule has 3 rings (SSSR count). The fourth-order valence-corrected chi connectivity index (χ4v) is 2.74. The van der Waals surface area contributed by atoms with Gasteiger partial charge in [0.1, 0.15) is 0 Å². The third-order valence-corrected chi connectivity index (χ3v) is 4.11. The predicted octanol–water partition coefficient (Wildman–Crippen LogP) is 4.28. The van der Waals surface area contributed by atoms with Crippen LogP contribution in [0.3, 0.4) is 0 Å². The van der Waals surface area contributed by atoms with Gasteiger partial charge in [0.2, 0.25) is 0 Å². The van der Waals surface area contributed by atoms with Crippen molar-refractivity contribution in [2.75, 3.05) is 38.0 Å². The number of hydrogen-bond acceptors (Lipinski definition) is 2. The highest BCUT2D eigenvalue weighted by atomic mass is 16.2. The third-order valence-electron chi connectivity index (χ3n) is 4.11. The predicted molar refractivity (Wildman–Crippen MR) is 100 cm³/mol. The average molecular weight is 315 g/mol. The number of benzene rings is 2. The lowest BCUT2D eigenvalue weighted by atomic mass is 10.1. The van der Waals surface area contributed by atoms with Gasteiger partial charge < -0.3 is 15.1 Å². The summed E-state index contributed by atoms with van der Waals surface area (Å²) < 4.78 is 0. The lowest BCUT2D eigenvalue weighted by molar-refractivity contribution is 0.151. The summed E-state index contributed by atoms with van der Waals surface area (Å²) in [5, 5.41) is 5.34. The van der Waals surface area contributed by atoms with E-state index in [2.05, 4.69) is 29.3 Å². The maximum Gasteiger partial charge on any atom is 0.321 e. The highest BCUT2D eigenvalue weighted by molar-refractivity contribution is 5.93. The summed E-state index contributed by atoms with van der Waals surface area (Å²) in [5.41, 5.74) is 0.858. The highest BCUT2D eigenvalue weighted by Gasteiger charge is 2.19. The number of rotatable bonds is 2. The molecule has 1 heterocycles. The quantitative estimate of drug-likeness (QED) is 0.897. The Morgan fingerprint density at radius 2 is 1.70 bits per heavy atom. The molecule has 2 aromatic rings. The number of hydrogen-bond donors (Lipinski definition) is 1. The van der Waals surface area contributed by atoms with Gasteiger partial charge in [0.15, 0.2) is 0 Å². The zero-order chi connectivity index (χ0) is 16.7. The molecule has 1 aliphatic heterocycles. The molecular formula is C19H29N3O. The highest BCUT2D eigenvalue weighted by Crippen LogP contribution is 2.19. The van der Waals surface area contributed by atoms with Crippen LogP contribution in [-0.2, 0) is 0 Å². The van der Waals surface area contributed by atoms with Gasteiger partial charge in [-0.3, -0.25) is 0 Å². The van der Waals surface area contributed by atoms with Crippen molar-refractivity contribution in [1.82, 2.24) is 9.80 Å². The monoisotopic (exact) mass is 315 g/mol. The zero-order valence-corrected chi connectivity index (χ0v) is 14.4. The fourth-order valence-electron chi connectivity index (χ4n) is 2.74. The Morgan fingerprint density at radius 1 is 1.04 bits per heavy atom. The molecule has 1 fully saturated rings. The molecule has 0 saturated carbocycles. The van der Waals surface area contributed by atoms with Gasteiger partial charge in [0, 0.05) is 33.3 Å². The molecule has 1 saturated heterocycles. The van der Waals surface area contributed by atoms with Crippen LogP contribution >= 0.6 is 0 Å². The van der Waals surface area contributed by atoms with Crippen LogP contribution in [0.5, 0.6) is 0 Å². The molecule has 1 aliphatic rings. The number of nitrogens with one attached hydrogen (secondary N) is 1. The molecule has 4 nitrogen and oxygen atoms in total. The van der Waals surface area contributed by atoms with Crippen molar-refractivity contribution in [3.63, 3.8) is 0 Å². The largest absolute Gasteiger partial charge is 0.322 e. The van der Waals surface area contributed by atoms with E-state index in [4.69, 9.17) is 0 Å². The molecule has 2 aromatic carbocycles. The fraction of sp³-hybridized carbons (Fsp3) is 0.421. The summed E-state index contributed by atoms with van der Waals surface area (Å²) in [6.45, 7) is 10.7. The van der Waals surface area contributed by atoms with E-state index in [-0.39, 0.29) is 7.46 Å². The minimum atomic E-state index is 0. The average Bonchev–Trinajstić information content (AvgIpc) is 2.63. The first-order valence-electron chi connectivity index (χ1n) is 8.53. The van der Waals surface area contributed by atoms with Crippen LogP contribution in [0.1, 0.15) is 22.2 Å². The second-order valence-corrected chi connectivity index (χ2v) is 5.41. The SMILES string of the molecule is CC.CCN1CCN(C(=O)Nc2ccc3ccccc3c2)CC1.[HH]. The number of nitrogens with zero attached hydrogens (tertiary/aromatic N) is 2. The Bertz CT molecular complexity index is 639. The van der Waals surface area contributed by atoms with Gasteiger partial charge in [0.25, 0.3) is 0 Å². The molecular weight excluding hydrogens is 286 g/mol. The van der Waals surface area contributed by atoms with E-state index in [0.29, 0.717) is 0 Å². The maximum absolute atomic E-state index is 12.3. The van der Waals surface area contributed by atoms with Crippen molar-refractivity contribution in [2.45, 2.75) is 20.8 Å². The Labute approximate surface area is 140 Å². The number of likely N-dealkylation sites (N-methyl/N-ethyl adjacent to an activating group) is 1. The molecule has 0 aliphatic carbocycles. The second kappa shape index (κ2) is 8.53. The maximum atomic E-state index is 12.3. The van der Waals surface area contributed by atoms with Gasteiger partial charge in [-0.2, -0.15) is 0 Å². The Morgan fingerprint density at radius 3 is 2.35 bits per heavy atom. The summed E-state index contributed by atoms with van der Waals surface area (Å²) >= 11 is 0. The molecule has 0 unspecified atom stereocenters. The lowest BCUT2D eigenvalue weighted by Gasteiger charge is -2.34. The summed E-state index contributed by atoms with van der Waals surface area (Å²) in [4.78, 5) is 16.5. The molecule has 4 heteroatoms. The van der Waals surface area contributed by atoms with Crippen molar-refractivity contribution in [3.05, 3.63) is 42.5 Å². The van der Waals surface area contributed by atoms with Crippen LogP contribution in [0.4, 0.5) is 10.5 Å². The summed E-state index contributed by atoms with van der Waals surface area (Å²) in [5.74, 6) is 0. The standard InChI is InChI=1S/C17H21N3O.C2H6.H2/c1-2-19-9-11-20(12-10-19)17(21)18-16-8-7-14-5-3-4-6-15(14)13-16;1-2;/h3-8,13H,2,9-12H2,1H3,(H,18,21);1-2H3;1H. The topological polar surface area (TPSA) is 35.6 Å². The number of carbonyl (C=O) groups is 1. The molecule has 0 spiro atoms. The lowest BCUT2D eigenvalue weighted by Crippen LogP contribution is -2.49. The Balaban J connectivity index is 0.000000925. The molecule has 0 atom stereocenters. The van der Waals surface area contributed by atoms with Crippen molar-refractivity contribution >= 4 is 22.5 Å². The molecule has 126 valence electrons. The van der Waals surface area contributed by atoms with Gasteiger partial charge in [0.05, 0.1) is 0 Å². The summed E-state index contributed by atoms with van der Waals surface area (Å²) in [7, 11) is 0. The van der Waals surface area contributed by atoms with Crippen LogP contribution in [0, 0.1) is 0 Å². The van der Waals surface area contributed by atoms with Crippen molar-refractivity contribution < 1.29 is 6.22 Å². The van der Waals surface area contributed by atoms with Crippen molar-refractivity contribution in [1.29, 1.82) is 0 Å². The molecule has 1 N–H and O–H groups in total. The normalized spacial score (nSPS) is 15.0. The first kappa shape index (κ1) is 17.3. The summed E-state index contributed by atoms with van der Waals surface area (Å²) in [6, 6.07) is 14.2. The minimum Gasteiger partial charge on any atom is -0.322 e. The number of anilines is 1. The number of amides is 2.